The van der Waals surface area contributed by atoms with E-state index in [2.05, 4.69) is 25.3 Å². The molecule has 0 bridgehead atoms. The molecule has 39 heavy (non-hydrogen) atoms. The lowest BCUT2D eigenvalue weighted by Crippen LogP contribution is -2.20. The summed E-state index contributed by atoms with van der Waals surface area (Å²) in [5.74, 6) is 1.53. The maximum atomic E-state index is 12.6. The third-order valence-electron chi connectivity index (χ3n) is 6.55. The number of nitrogens with zero attached hydrogens (tertiary/aromatic N) is 4. The predicted octanol–water partition coefficient (Wildman–Crippen LogP) is 6.93. The maximum Gasteiger partial charge on any atom is 0.250 e. The number of carbonyl (C=O) groups excluding carboxylic acids is 1. The van der Waals surface area contributed by atoms with E-state index in [-0.39, 0.29) is 11.7 Å². The second kappa shape index (κ2) is 13.4. The summed E-state index contributed by atoms with van der Waals surface area (Å²) in [6.45, 7) is 0.487. The summed E-state index contributed by atoms with van der Waals surface area (Å²) in [4.78, 5) is 12.6. The first kappa shape index (κ1) is 27.0. The van der Waals surface area contributed by atoms with Crippen LogP contribution in [0.3, 0.4) is 0 Å². The summed E-state index contributed by atoms with van der Waals surface area (Å²) >= 11 is 7.47. The SMILES string of the molecule is O=C(CSc1nnc(-c2ccc(Cl)cc2)n1C1CCCCC1)N/N=C\c1cccc(OCc2ccccc2)c1. The number of benzene rings is 3. The predicted molar refractivity (Wildman–Crippen MR) is 156 cm³/mol. The highest BCUT2D eigenvalue weighted by molar-refractivity contribution is 7.99. The standard InChI is InChI=1S/C30H30ClN5O2S/c31-25-16-14-24(15-17-25)29-34-35-30(36(29)26-11-5-2-6-12-26)39-21-28(37)33-32-19-23-10-7-13-27(18-23)38-20-22-8-3-1-4-9-22/h1,3-4,7-10,13-19,26H,2,5-6,11-12,20-21H2,(H,33,37)/b32-19-. The van der Waals surface area contributed by atoms with Crippen LogP contribution in [-0.4, -0.2) is 32.6 Å². The van der Waals surface area contributed by atoms with Gasteiger partial charge in [-0.1, -0.05) is 85.1 Å². The average molecular weight is 560 g/mol. The van der Waals surface area contributed by atoms with Gasteiger partial charge in [0.1, 0.15) is 12.4 Å². The lowest BCUT2D eigenvalue weighted by Gasteiger charge is -2.25. The fourth-order valence-electron chi connectivity index (χ4n) is 4.61. The topological polar surface area (TPSA) is 81.4 Å². The van der Waals surface area contributed by atoms with Crippen molar-refractivity contribution in [2.75, 3.05) is 5.75 Å². The van der Waals surface area contributed by atoms with E-state index in [0.717, 1.165) is 46.3 Å². The molecule has 0 radical (unpaired) electrons. The Kier molecular flexibility index (Phi) is 9.30. The van der Waals surface area contributed by atoms with Gasteiger partial charge in [0.2, 0.25) is 0 Å². The molecule has 0 aliphatic heterocycles. The lowest BCUT2D eigenvalue weighted by atomic mass is 9.95. The minimum atomic E-state index is -0.209. The number of thioether (sulfide) groups is 1. The largest absolute Gasteiger partial charge is 0.489 e. The van der Waals surface area contributed by atoms with Gasteiger partial charge in [0.15, 0.2) is 11.0 Å². The molecule has 0 saturated heterocycles. The molecule has 1 N–H and O–H groups in total. The number of nitrogens with one attached hydrogen (secondary N) is 1. The molecule has 4 aromatic rings. The zero-order valence-electron chi connectivity index (χ0n) is 21.5. The second-order valence-electron chi connectivity index (χ2n) is 9.40. The molecule has 1 heterocycles. The first-order chi connectivity index (χ1) is 19.2. The van der Waals surface area contributed by atoms with Crippen LogP contribution >= 0.6 is 23.4 Å². The van der Waals surface area contributed by atoms with Gasteiger partial charge in [0, 0.05) is 16.6 Å². The molecule has 9 heteroatoms. The van der Waals surface area contributed by atoms with Crippen molar-refractivity contribution >= 4 is 35.5 Å². The molecule has 1 aromatic heterocycles. The minimum absolute atomic E-state index is 0.184. The Hall–Kier alpha value is -3.62. The normalized spacial score (nSPS) is 14.0. The summed E-state index contributed by atoms with van der Waals surface area (Å²) in [5.41, 5.74) is 5.51. The fourth-order valence-corrected chi connectivity index (χ4v) is 5.53. The average Bonchev–Trinajstić information content (AvgIpc) is 3.41. The molecule has 1 saturated carbocycles. The van der Waals surface area contributed by atoms with Crippen LogP contribution in [-0.2, 0) is 11.4 Å². The first-order valence-corrected chi connectivity index (χ1v) is 14.4. The molecule has 7 nitrogen and oxygen atoms in total. The molecule has 3 aromatic carbocycles. The zero-order valence-corrected chi connectivity index (χ0v) is 23.1. The van der Waals surface area contributed by atoms with Crippen LogP contribution in [0.2, 0.25) is 5.02 Å². The molecule has 1 amide bonds. The first-order valence-electron chi connectivity index (χ1n) is 13.1. The van der Waals surface area contributed by atoms with Crippen molar-refractivity contribution in [1.82, 2.24) is 20.2 Å². The Morgan fingerprint density at radius 1 is 1.03 bits per heavy atom. The lowest BCUT2D eigenvalue weighted by molar-refractivity contribution is -0.118. The van der Waals surface area contributed by atoms with Gasteiger partial charge in [-0.15, -0.1) is 10.2 Å². The van der Waals surface area contributed by atoms with Crippen LogP contribution in [0.5, 0.6) is 5.75 Å². The van der Waals surface area contributed by atoms with Gasteiger partial charge in [-0.2, -0.15) is 5.10 Å². The van der Waals surface area contributed by atoms with E-state index >= 15 is 0 Å². The molecule has 5 rings (SSSR count). The summed E-state index contributed by atoms with van der Waals surface area (Å²) < 4.78 is 8.07. The number of hydrazone groups is 1. The van der Waals surface area contributed by atoms with Crippen molar-refractivity contribution in [3.05, 3.63) is 95.0 Å². The van der Waals surface area contributed by atoms with E-state index in [1.165, 1.54) is 31.0 Å². The van der Waals surface area contributed by atoms with Crippen LogP contribution in [0, 0.1) is 0 Å². The monoisotopic (exact) mass is 559 g/mol. The molecular formula is C30H30ClN5O2S. The second-order valence-corrected chi connectivity index (χ2v) is 10.8. The molecule has 200 valence electrons. The quantitative estimate of drug-likeness (QED) is 0.129. The summed E-state index contributed by atoms with van der Waals surface area (Å²) in [6.07, 6.45) is 7.38. The van der Waals surface area contributed by atoms with Gasteiger partial charge in [0.05, 0.1) is 12.0 Å². The number of amides is 1. The third kappa shape index (κ3) is 7.49. The molecular weight excluding hydrogens is 530 g/mol. The van der Waals surface area contributed by atoms with Crippen molar-refractivity contribution < 1.29 is 9.53 Å². The van der Waals surface area contributed by atoms with Gasteiger partial charge in [0.25, 0.3) is 5.91 Å². The number of hydrogen-bond donors (Lipinski definition) is 1. The Morgan fingerprint density at radius 3 is 2.62 bits per heavy atom. The fraction of sp³-hybridized carbons (Fsp3) is 0.267. The van der Waals surface area contributed by atoms with Crippen molar-refractivity contribution in [3.8, 4) is 17.1 Å². The van der Waals surface area contributed by atoms with Crippen molar-refractivity contribution in [3.63, 3.8) is 0 Å². The molecule has 1 fully saturated rings. The number of hydrogen-bond acceptors (Lipinski definition) is 6. The Balaban J connectivity index is 1.19. The van der Waals surface area contributed by atoms with Crippen LogP contribution in [0.25, 0.3) is 11.4 Å². The highest BCUT2D eigenvalue weighted by Crippen LogP contribution is 2.35. The summed E-state index contributed by atoms with van der Waals surface area (Å²) in [7, 11) is 0. The maximum absolute atomic E-state index is 12.6. The smallest absolute Gasteiger partial charge is 0.250 e. The number of halogens is 1. The van der Waals surface area contributed by atoms with E-state index in [1.807, 2.05) is 78.9 Å². The van der Waals surface area contributed by atoms with E-state index < -0.39 is 0 Å². The highest BCUT2D eigenvalue weighted by Gasteiger charge is 2.24. The third-order valence-corrected chi connectivity index (χ3v) is 7.74. The molecule has 1 aliphatic carbocycles. The Bertz CT molecular complexity index is 1400. The number of ether oxygens (including phenoxy) is 1. The van der Waals surface area contributed by atoms with Gasteiger partial charge in [-0.3, -0.25) is 9.36 Å². The van der Waals surface area contributed by atoms with Gasteiger partial charge >= 0.3 is 0 Å². The van der Waals surface area contributed by atoms with E-state index in [9.17, 15) is 4.79 Å². The zero-order chi connectivity index (χ0) is 26.9. The summed E-state index contributed by atoms with van der Waals surface area (Å²) in [5, 5.41) is 14.5. The Labute approximate surface area is 237 Å². The van der Waals surface area contributed by atoms with Crippen LogP contribution in [0.15, 0.2) is 89.1 Å². The van der Waals surface area contributed by atoms with Gasteiger partial charge in [-0.05, 0) is 60.4 Å². The van der Waals surface area contributed by atoms with Gasteiger partial charge in [-0.25, -0.2) is 5.43 Å². The molecule has 0 atom stereocenters. The van der Waals surface area contributed by atoms with Crippen LogP contribution in [0.1, 0.15) is 49.3 Å². The van der Waals surface area contributed by atoms with E-state index in [4.69, 9.17) is 16.3 Å². The Morgan fingerprint density at radius 2 is 1.82 bits per heavy atom. The highest BCUT2D eigenvalue weighted by atomic mass is 35.5. The van der Waals surface area contributed by atoms with Crippen LogP contribution in [0.4, 0.5) is 0 Å². The van der Waals surface area contributed by atoms with E-state index in [0.29, 0.717) is 17.7 Å². The van der Waals surface area contributed by atoms with E-state index in [1.54, 1.807) is 6.21 Å². The van der Waals surface area contributed by atoms with Crippen molar-refractivity contribution in [2.24, 2.45) is 5.10 Å². The van der Waals surface area contributed by atoms with Crippen molar-refractivity contribution in [2.45, 2.75) is 49.9 Å². The molecule has 1 aliphatic rings. The summed E-state index contributed by atoms with van der Waals surface area (Å²) in [6, 6.07) is 25.6. The molecule has 0 spiro atoms. The minimum Gasteiger partial charge on any atom is -0.489 e. The number of aromatic nitrogens is 3. The van der Waals surface area contributed by atoms with Gasteiger partial charge < -0.3 is 4.74 Å². The number of carbonyl (C=O) groups is 1. The van der Waals surface area contributed by atoms with Crippen LogP contribution < -0.4 is 10.2 Å². The van der Waals surface area contributed by atoms with Crippen molar-refractivity contribution in [1.29, 1.82) is 0 Å². The number of rotatable bonds is 10. The molecule has 0 unspecified atom stereocenters.